The van der Waals surface area contributed by atoms with Crippen LogP contribution in [0.3, 0.4) is 0 Å². The number of nitrogens with zero attached hydrogens (tertiary/aromatic N) is 4. The number of tetrazole rings is 1. The van der Waals surface area contributed by atoms with E-state index in [4.69, 9.17) is 0 Å². The third kappa shape index (κ3) is 3.87. The van der Waals surface area contributed by atoms with Gasteiger partial charge in [0.2, 0.25) is 0 Å². The lowest BCUT2D eigenvalue weighted by Crippen LogP contribution is -2.27. The Kier molecular flexibility index (Phi) is 4.38. The van der Waals surface area contributed by atoms with Gasteiger partial charge in [0.05, 0.1) is 0 Å². The zero-order valence-electron chi connectivity index (χ0n) is 10.4. The maximum absolute atomic E-state index is 11.8. The molecule has 20 heavy (non-hydrogen) atoms. The molecule has 0 aliphatic rings. The first-order valence-corrected chi connectivity index (χ1v) is 5.88. The van der Waals surface area contributed by atoms with E-state index in [1.807, 2.05) is 6.07 Å². The minimum atomic E-state index is -1.22. The second kappa shape index (κ2) is 6.41. The molecule has 8 heteroatoms. The zero-order chi connectivity index (χ0) is 14.4. The van der Waals surface area contributed by atoms with Gasteiger partial charge in [0, 0.05) is 5.97 Å². The van der Waals surface area contributed by atoms with E-state index in [-0.39, 0.29) is 18.8 Å². The molecule has 2 rings (SSSR count). The molecule has 0 amide bonds. The monoisotopic (exact) mass is 273 g/mol. The quantitative estimate of drug-likeness (QED) is 0.525. The molecule has 0 spiro atoms. The molecule has 8 nitrogen and oxygen atoms in total. The number of aliphatic imine (C=N–C) groups is 1. The fraction of sp³-hybridized carbons (Fsp3) is 0.250. The summed E-state index contributed by atoms with van der Waals surface area (Å²) in [7, 11) is 0. The van der Waals surface area contributed by atoms with Gasteiger partial charge in [-0.2, -0.15) is 5.21 Å². The lowest BCUT2D eigenvalue weighted by molar-refractivity contribution is -0.306. The highest BCUT2D eigenvalue weighted by atomic mass is 16.4. The minimum Gasteiger partial charge on any atom is -0.862 e. The average molecular weight is 273 g/mol. The summed E-state index contributed by atoms with van der Waals surface area (Å²) in [4.78, 5) is 14.4. The van der Waals surface area contributed by atoms with Gasteiger partial charge in [-0.25, -0.2) is 4.99 Å². The van der Waals surface area contributed by atoms with E-state index >= 15 is 0 Å². The van der Waals surface area contributed by atoms with Crippen LogP contribution in [0.5, 0.6) is 0 Å². The van der Waals surface area contributed by atoms with E-state index in [0.717, 1.165) is 5.56 Å². The number of carboxylic acid groups (broad SMARTS) is 1. The molecule has 1 aromatic heterocycles. The third-order valence-electron chi connectivity index (χ3n) is 2.66. The van der Waals surface area contributed by atoms with Crippen LogP contribution < -0.4 is 10.2 Å². The van der Waals surface area contributed by atoms with Gasteiger partial charge < -0.3 is 15.0 Å². The summed E-state index contributed by atoms with van der Waals surface area (Å²) < 4.78 is 0. The second-order valence-corrected chi connectivity index (χ2v) is 4.11. The molecule has 0 saturated heterocycles. The number of nitrogens with one attached hydrogen (secondary N) is 1. The van der Waals surface area contributed by atoms with Crippen LogP contribution in [0, 0.1) is 0 Å². The number of aromatic amines is 1. The van der Waals surface area contributed by atoms with E-state index in [0.29, 0.717) is 0 Å². The highest BCUT2D eigenvalue weighted by molar-refractivity contribution is 5.76. The smallest absolute Gasteiger partial charge is 0.287 e. The van der Waals surface area contributed by atoms with Crippen LogP contribution in [-0.2, 0) is 4.79 Å². The second-order valence-electron chi connectivity index (χ2n) is 4.11. The van der Waals surface area contributed by atoms with Gasteiger partial charge in [-0.05, 0) is 35.4 Å². The number of aliphatic carboxylic acids is 1. The first-order chi connectivity index (χ1) is 9.65. The largest absolute Gasteiger partial charge is 0.862 e. The first-order valence-electron chi connectivity index (χ1n) is 5.88. The van der Waals surface area contributed by atoms with Crippen molar-refractivity contribution in [2.75, 3.05) is 0 Å². The highest BCUT2D eigenvalue weighted by Gasteiger charge is 2.12. The van der Waals surface area contributed by atoms with Crippen molar-refractivity contribution >= 4 is 17.8 Å². The van der Waals surface area contributed by atoms with Crippen molar-refractivity contribution in [2.45, 2.75) is 18.8 Å². The van der Waals surface area contributed by atoms with E-state index < -0.39 is 17.8 Å². The normalized spacial score (nSPS) is 13.1. The topological polar surface area (TPSA) is 130 Å². The summed E-state index contributed by atoms with van der Waals surface area (Å²) in [6.07, 6.45) is -0.315. The number of carboxylic acids is 1. The zero-order valence-corrected chi connectivity index (χ0v) is 10.4. The molecule has 0 bridgehead atoms. The van der Waals surface area contributed by atoms with E-state index in [1.54, 1.807) is 24.3 Å². The van der Waals surface area contributed by atoms with Crippen LogP contribution in [0.15, 0.2) is 35.3 Å². The number of carbonyl (C=O) groups is 1. The lowest BCUT2D eigenvalue weighted by atomic mass is 9.92. The third-order valence-corrected chi connectivity index (χ3v) is 2.66. The van der Waals surface area contributed by atoms with Gasteiger partial charge >= 0.3 is 0 Å². The Balaban J connectivity index is 2.14. The SMILES string of the molecule is O=C([O-])C[C@H](CC([O-])=Nc1nn[nH]n1)c1ccccc1. The molecule has 0 saturated carbocycles. The fourth-order valence-corrected chi connectivity index (χ4v) is 1.81. The van der Waals surface area contributed by atoms with Crippen LogP contribution in [0.2, 0.25) is 0 Å². The Hall–Kier alpha value is -2.77. The molecule has 0 unspecified atom stereocenters. The number of hydrogen-bond acceptors (Lipinski definition) is 7. The van der Waals surface area contributed by atoms with Crippen molar-refractivity contribution < 1.29 is 15.0 Å². The summed E-state index contributed by atoms with van der Waals surface area (Å²) in [6.45, 7) is 0. The molecular formula is C12H11N5O3-2. The molecule has 104 valence electrons. The van der Waals surface area contributed by atoms with Gasteiger partial charge in [0.1, 0.15) is 0 Å². The Morgan fingerprint density at radius 2 is 2.00 bits per heavy atom. The van der Waals surface area contributed by atoms with Crippen molar-refractivity contribution in [1.29, 1.82) is 0 Å². The van der Waals surface area contributed by atoms with Crippen LogP contribution >= 0.6 is 0 Å². The van der Waals surface area contributed by atoms with Crippen molar-refractivity contribution in [1.82, 2.24) is 20.6 Å². The van der Waals surface area contributed by atoms with E-state index in [2.05, 4.69) is 25.6 Å². The fourth-order valence-electron chi connectivity index (χ4n) is 1.81. The molecular weight excluding hydrogens is 262 g/mol. The van der Waals surface area contributed by atoms with Gasteiger partial charge in [0.15, 0.2) is 0 Å². The Morgan fingerprint density at radius 1 is 1.25 bits per heavy atom. The summed E-state index contributed by atoms with van der Waals surface area (Å²) in [5.41, 5.74) is 0.744. The highest BCUT2D eigenvalue weighted by Crippen LogP contribution is 2.23. The molecule has 0 aliphatic heterocycles. The molecule has 1 heterocycles. The van der Waals surface area contributed by atoms with Gasteiger partial charge in [-0.3, -0.25) is 0 Å². The summed E-state index contributed by atoms with van der Waals surface area (Å²) >= 11 is 0. The number of carbonyl (C=O) groups excluding carboxylic acids is 1. The number of benzene rings is 1. The van der Waals surface area contributed by atoms with Crippen molar-refractivity contribution in [3.05, 3.63) is 35.9 Å². The van der Waals surface area contributed by atoms with Crippen LogP contribution in [0.1, 0.15) is 24.3 Å². The van der Waals surface area contributed by atoms with Crippen molar-refractivity contribution in [3.8, 4) is 0 Å². The van der Waals surface area contributed by atoms with Crippen LogP contribution in [-0.4, -0.2) is 32.5 Å². The Labute approximate surface area is 114 Å². The lowest BCUT2D eigenvalue weighted by Gasteiger charge is -2.21. The number of H-pyrrole nitrogens is 1. The standard InChI is InChI=1S/C12H13N5O3/c18-10(13-12-14-16-17-15-12)6-9(7-11(19)20)8-4-2-1-3-5-8/h1-5,9H,6-7H2,(H,19,20)(H2,13,14,15,16,17,18)/p-2/t9-/m0/s1. The summed E-state index contributed by atoms with van der Waals surface area (Å²) in [5.74, 6) is -2.30. The van der Waals surface area contributed by atoms with Gasteiger partial charge in [0.25, 0.3) is 5.95 Å². The summed E-state index contributed by atoms with van der Waals surface area (Å²) in [5, 5.41) is 35.1. The van der Waals surface area contributed by atoms with Gasteiger partial charge in [-0.1, -0.05) is 35.4 Å². The number of rotatable bonds is 6. The van der Waals surface area contributed by atoms with Crippen LogP contribution in [0.25, 0.3) is 0 Å². The Morgan fingerprint density at radius 3 is 2.60 bits per heavy atom. The molecule has 0 aliphatic carbocycles. The minimum absolute atomic E-state index is 0.0630. The van der Waals surface area contributed by atoms with Crippen molar-refractivity contribution in [2.24, 2.45) is 4.99 Å². The first kappa shape index (κ1) is 13.7. The Bertz CT molecular complexity index is 582. The predicted octanol–water partition coefficient (Wildman–Crippen LogP) is -1.10. The van der Waals surface area contributed by atoms with E-state index in [1.165, 1.54) is 0 Å². The average Bonchev–Trinajstić information content (AvgIpc) is 2.91. The number of hydrogen-bond donors (Lipinski definition) is 1. The molecule has 1 atom stereocenters. The summed E-state index contributed by atoms with van der Waals surface area (Å²) in [6, 6.07) is 8.88. The van der Waals surface area contributed by atoms with Crippen LogP contribution in [0.4, 0.5) is 5.95 Å². The van der Waals surface area contributed by atoms with E-state index in [9.17, 15) is 15.0 Å². The molecule has 0 radical (unpaired) electrons. The van der Waals surface area contributed by atoms with Crippen molar-refractivity contribution in [3.63, 3.8) is 0 Å². The van der Waals surface area contributed by atoms with Gasteiger partial charge in [-0.15, -0.1) is 5.10 Å². The molecule has 2 aromatic rings. The molecule has 1 aromatic carbocycles. The molecule has 0 fully saturated rings. The number of aromatic nitrogens is 4. The maximum Gasteiger partial charge on any atom is 0.287 e. The maximum atomic E-state index is 11.8. The molecule has 1 N–H and O–H groups in total. The predicted molar refractivity (Wildman–Crippen MR) is 64.7 cm³/mol.